The molecule has 2 aromatic rings. The van der Waals surface area contributed by atoms with Crippen molar-refractivity contribution in [3.05, 3.63) is 69.7 Å². The molecule has 0 N–H and O–H groups in total. The number of rotatable bonds is 3. The zero-order chi connectivity index (χ0) is 14.7. The maximum atomic E-state index is 13.6. The van der Waals surface area contributed by atoms with Gasteiger partial charge in [0.15, 0.2) is 0 Å². The van der Waals surface area contributed by atoms with Crippen LogP contribution in [0.5, 0.6) is 0 Å². The van der Waals surface area contributed by atoms with Crippen molar-refractivity contribution < 1.29 is 13.6 Å². The van der Waals surface area contributed by atoms with Gasteiger partial charge in [-0.2, -0.15) is 0 Å². The van der Waals surface area contributed by atoms with E-state index in [0.29, 0.717) is 15.6 Å². The van der Waals surface area contributed by atoms with E-state index in [1.165, 1.54) is 29.2 Å². The van der Waals surface area contributed by atoms with Crippen LogP contribution in [0.15, 0.2) is 46.9 Å². The van der Waals surface area contributed by atoms with Crippen molar-refractivity contribution in [3.8, 4) is 0 Å². The van der Waals surface area contributed by atoms with Gasteiger partial charge in [-0.3, -0.25) is 4.79 Å². The van der Waals surface area contributed by atoms with Crippen LogP contribution in [-0.4, -0.2) is 17.9 Å². The van der Waals surface area contributed by atoms with Crippen molar-refractivity contribution in [2.45, 2.75) is 6.54 Å². The van der Waals surface area contributed by atoms with E-state index < -0.39 is 5.82 Å². The number of hydrogen-bond donors (Lipinski definition) is 0. The average molecular weight is 340 g/mol. The fourth-order valence-electron chi connectivity index (χ4n) is 1.82. The number of nitrogens with zero attached hydrogens (tertiary/aromatic N) is 1. The quantitative estimate of drug-likeness (QED) is 0.827. The predicted molar refractivity (Wildman–Crippen MR) is 76.3 cm³/mol. The lowest BCUT2D eigenvalue weighted by Gasteiger charge is -2.18. The summed E-state index contributed by atoms with van der Waals surface area (Å²) in [5, 5.41) is 0. The Balaban J connectivity index is 2.19. The lowest BCUT2D eigenvalue weighted by Crippen LogP contribution is -2.27. The molecule has 104 valence electrons. The molecular formula is C15H12BrF2NO. The van der Waals surface area contributed by atoms with E-state index in [2.05, 4.69) is 15.9 Å². The molecular weight excluding hydrogens is 328 g/mol. The Morgan fingerprint density at radius 3 is 2.55 bits per heavy atom. The molecule has 0 aromatic heterocycles. The summed E-state index contributed by atoms with van der Waals surface area (Å²) in [6.07, 6.45) is 0. The smallest absolute Gasteiger partial charge is 0.255 e. The van der Waals surface area contributed by atoms with Crippen LogP contribution >= 0.6 is 15.9 Å². The van der Waals surface area contributed by atoms with Crippen LogP contribution in [0.3, 0.4) is 0 Å². The molecule has 0 radical (unpaired) electrons. The van der Waals surface area contributed by atoms with E-state index in [1.54, 1.807) is 25.2 Å². The van der Waals surface area contributed by atoms with Crippen LogP contribution < -0.4 is 0 Å². The molecule has 1 amide bonds. The molecule has 0 aliphatic heterocycles. The standard InChI is InChI=1S/C15H12BrF2NO/c1-19(9-10-4-2-3-5-14(10)18)15(20)12-7-6-11(17)8-13(12)16/h2-8H,9H2,1H3. The Kier molecular flexibility index (Phi) is 4.49. The minimum absolute atomic E-state index is 0.148. The van der Waals surface area contributed by atoms with Crippen molar-refractivity contribution in [1.29, 1.82) is 0 Å². The Morgan fingerprint density at radius 2 is 1.90 bits per heavy atom. The molecule has 2 nitrogen and oxygen atoms in total. The largest absolute Gasteiger partial charge is 0.337 e. The van der Waals surface area contributed by atoms with Crippen molar-refractivity contribution in [2.75, 3.05) is 7.05 Å². The summed E-state index contributed by atoms with van der Waals surface area (Å²) < 4.78 is 26.9. The topological polar surface area (TPSA) is 20.3 Å². The highest BCUT2D eigenvalue weighted by atomic mass is 79.9. The van der Waals surface area contributed by atoms with E-state index in [9.17, 15) is 13.6 Å². The van der Waals surface area contributed by atoms with Gasteiger partial charge in [0.05, 0.1) is 5.56 Å². The van der Waals surface area contributed by atoms with E-state index in [4.69, 9.17) is 0 Å². The minimum Gasteiger partial charge on any atom is -0.337 e. The number of carbonyl (C=O) groups is 1. The second kappa shape index (κ2) is 6.13. The summed E-state index contributed by atoms with van der Waals surface area (Å²) in [6, 6.07) is 10.1. The van der Waals surface area contributed by atoms with E-state index in [-0.39, 0.29) is 18.3 Å². The van der Waals surface area contributed by atoms with Crippen LogP contribution in [0.1, 0.15) is 15.9 Å². The maximum absolute atomic E-state index is 13.6. The number of amides is 1. The molecule has 0 fully saturated rings. The molecule has 0 saturated carbocycles. The fourth-order valence-corrected chi connectivity index (χ4v) is 2.34. The molecule has 0 aliphatic carbocycles. The SMILES string of the molecule is CN(Cc1ccccc1F)C(=O)c1ccc(F)cc1Br. The molecule has 0 saturated heterocycles. The second-order valence-electron chi connectivity index (χ2n) is 4.38. The zero-order valence-electron chi connectivity index (χ0n) is 10.7. The van der Waals surface area contributed by atoms with Crippen molar-refractivity contribution in [2.24, 2.45) is 0 Å². The zero-order valence-corrected chi connectivity index (χ0v) is 12.3. The lowest BCUT2D eigenvalue weighted by molar-refractivity contribution is 0.0783. The van der Waals surface area contributed by atoms with Crippen LogP contribution in [0.25, 0.3) is 0 Å². The number of hydrogen-bond acceptors (Lipinski definition) is 1. The molecule has 0 aliphatic rings. The highest BCUT2D eigenvalue weighted by molar-refractivity contribution is 9.10. The van der Waals surface area contributed by atoms with E-state index in [0.717, 1.165) is 0 Å². The number of carbonyl (C=O) groups excluding carboxylic acids is 1. The molecule has 20 heavy (non-hydrogen) atoms. The first-order valence-corrected chi connectivity index (χ1v) is 6.72. The van der Waals surface area contributed by atoms with Gasteiger partial charge in [-0.05, 0) is 40.2 Å². The van der Waals surface area contributed by atoms with Crippen LogP contribution in [0.4, 0.5) is 8.78 Å². The summed E-state index contributed by atoms with van der Waals surface area (Å²) >= 11 is 3.15. The maximum Gasteiger partial charge on any atom is 0.255 e. The lowest BCUT2D eigenvalue weighted by atomic mass is 10.1. The van der Waals surface area contributed by atoms with Crippen LogP contribution in [0, 0.1) is 11.6 Å². The number of benzene rings is 2. The third-order valence-electron chi connectivity index (χ3n) is 2.87. The average Bonchev–Trinajstić information content (AvgIpc) is 2.40. The highest BCUT2D eigenvalue weighted by Crippen LogP contribution is 2.20. The van der Waals surface area contributed by atoms with Gasteiger partial charge in [0.25, 0.3) is 5.91 Å². The Hall–Kier alpha value is -1.75. The van der Waals surface area contributed by atoms with Gasteiger partial charge in [0, 0.05) is 23.6 Å². The van der Waals surface area contributed by atoms with Crippen molar-refractivity contribution in [3.63, 3.8) is 0 Å². The van der Waals surface area contributed by atoms with Crippen molar-refractivity contribution >= 4 is 21.8 Å². The van der Waals surface area contributed by atoms with E-state index >= 15 is 0 Å². The fraction of sp³-hybridized carbons (Fsp3) is 0.133. The predicted octanol–water partition coefficient (Wildman–Crippen LogP) is 4.00. The first kappa shape index (κ1) is 14.7. The Morgan fingerprint density at radius 1 is 1.20 bits per heavy atom. The first-order valence-electron chi connectivity index (χ1n) is 5.93. The van der Waals surface area contributed by atoms with Gasteiger partial charge in [-0.15, -0.1) is 0 Å². The highest BCUT2D eigenvalue weighted by Gasteiger charge is 2.16. The Bertz CT molecular complexity index is 646. The summed E-state index contributed by atoms with van der Waals surface area (Å²) in [6.45, 7) is 0.148. The number of halogens is 3. The molecule has 0 heterocycles. The molecule has 0 spiro atoms. The molecule has 2 rings (SSSR count). The summed E-state index contributed by atoms with van der Waals surface area (Å²) in [5.74, 6) is -1.09. The van der Waals surface area contributed by atoms with Gasteiger partial charge < -0.3 is 4.90 Å². The monoisotopic (exact) mass is 339 g/mol. The summed E-state index contributed by atoms with van der Waals surface area (Å²) in [7, 11) is 1.57. The van der Waals surface area contributed by atoms with Crippen LogP contribution in [-0.2, 0) is 6.54 Å². The summed E-state index contributed by atoms with van der Waals surface area (Å²) in [5.41, 5.74) is 0.770. The van der Waals surface area contributed by atoms with Gasteiger partial charge >= 0.3 is 0 Å². The normalized spacial score (nSPS) is 10.4. The van der Waals surface area contributed by atoms with Gasteiger partial charge in [-0.1, -0.05) is 18.2 Å². The molecule has 0 unspecified atom stereocenters. The van der Waals surface area contributed by atoms with Gasteiger partial charge in [-0.25, -0.2) is 8.78 Å². The molecule has 0 atom stereocenters. The van der Waals surface area contributed by atoms with Crippen LogP contribution in [0.2, 0.25) is 0 Å². The Labute approximate surface area is 124 Å². The first-order chi connectivity index (χ1) is 9.49. The summed E-state index contributed by atoms with van der Waals surface area (Å²) in [4.78, 5) is 13.6. The third kappa shape index (κ3) is 3.22. The molecule has 0 bridgehead atoms. The van der Waals surface area contributed by atoms with Gasteiger partial charge in [0.2, 0.25) is 0 Å². The molecule has 2 aromatic carbocycles. The third-order valence-corrected chi connectivity index (χ3v) is 3.53. The van der Waals surface area contributed by atoms with Crippen molar-refractivity contribution in [1.82, 2.24) is 4.90 Å². The second-order valence-corrected chi connectivity index (χ2v) is 5.23. The van der Waals surface area contributed by atoms with E-state index in [1.807, 2.05) is 0 Å². The molecule has 5 heteroatoms. The van der Waals surface area contributed by atoms with Gasteiger partial charge in [0.1, 0.15) is 11.6 Å². The minimum atomic E-state index is -0.426.